The monoisotopic (exact) mass is 102 g/mol. The van der Waals surface area contributed by atoms with Crippen LogP contribution < -0.4 is 10.6 Å². The molecule has 0 aliphatic carbocycles. The van der Waals surface area contributed by atoms with Crippen molar-refractivity contribution >= 4 is 0 Å². The highest BCUT2D eigenvalue weighted by atomic mass is 15.0. The van der Waals surface area contributed by atoms with Gasteiger partial charge >= 0.3 is 0 Å². The van der Waals surface area contributed by atoms with Gasteiger partial charge in [-0.15, -0.1) is 0 Å². The van der Waals surface area contributed by atoms with E-state index >= 15 is 0 Å². The van der Waals surface area contributed by atoms with Crippen molar-refractivity contribution in [2.45, 2.75) is 6.42 Å². The van der Waals surface area contributed by atoms with Crippen LogP contribution in [0.4, 0.5) is 0 Å². The molecule has 2 N–H and O–H groups in total. The Morgan fingerprint density at radius 2 is 2.00 bits per heavy atom. The fraction of sp³-hybridized carbons (Fsp3) is 1.00. The van der Waals surface area contributed by atoms with Crippen molar-refractivity contribution in [2.24, 2.45) is 5.73 Å². The van der Waals surface area contributed by atoms with Gasteiger partial charge in [0, 0.05) is 6.42 Å². The molecule has 0 fully saturated rings. The van der Waals surface area contributed by atoms with Crippen LogP contribution in [-0.4, -0.2) is 27.2 Å². The lowest BCUT2D eigenvalue weighted by atomic mass is 10.4. The highest BCUT2D eigenvalue weighted by Crippen LogP contribution is 1.73. The average Bonchev–Trinajstić information content (AvgIpc) is 1.61. The van der Waals surface area contributed by atoms with E-state index in [9.17, 15) is 0 Å². The summed E-state index contributed by atoms with van der Waals surface area (Å²) >= 11 is 0. The van der Waals surface area contributed by atoms with Crippen LogP contribution >= 0.6 is 0 Å². The van der Waals surface area contributed by atoms with Gasteiger partial charge in [-0.25, -0.2) is 0 Å². The van der Waals surface area contributed by atoms with Crippen LogP contribution in [0, 0.1) is 0 Å². The summed E-state index contributed by atoms with van der Waals surface area (Å²) in [6.45, 7) is 1.91. The summed E-state index contributed by atoms with van der Waals surface area (Å²) in [6, 6.07) is 0. The quantitative estimate of drug-likeness (QED) is 0.489. The zero-order valence-electron chi connectivity index (χ0n) is 5.15. The topological polar surface area (TPSA) is 31.9 Å². The molecule has 0 aromatic heterocycles. The maximum atomic E-state index is 5.25. The molecule has 1 radical (unpaired) electrons. The zero-order valence-corrected chi connectivity index (χ0v) is 5.15. The smallest absolute Gasteiger partial charge is 0.123 e. The second-order valence-corrected chi connectivity index (χ2v) is 1.95. The van der Waals surface area contributed by atoms with Crippen molar-refractivity contribution in [2.75, 3.05) is 27.2 Å². The maximum Gasteiger partial charge on any atom is 0.123 e. The Morgan fingerprint density at radius 3 is 2.14 bits per heavy atom. The van der Waals surface area contributed by atoms with Crippen molar-refractivity contribution < 1.29 is 0 Å². The third-order valence-electron chi connectivity index (χ3n) is 0.809. The minimum Gasteiger partial charge on any atom is -0.330 e. The van der Waals surface area contributed by atoms with Gasteiger partial charge in [0.05, 0.1) is 0 Å². The zero-order chi connectivity index (χ0) is 5.70. The van der Waals surface area contributed by atoms with Crippen LogP contribution in [0.1, 0.15) is 6.42 Å². The standard InChI is InChI=1S/C5H14N2/c1-7(2)5-3-4-6/h3-6H2,1-2H3/q+1. The Bertz CT molecular complexity index is 35.1. The molecule has 0 aromatic carbocycles. The highest BCUT2D eigenvalue weighted by molar-refractivity contribution is 4.47. The van der Waals surface area contributed by atoms with Crippen LogP contribution in [0.15, 0.2) is 0 Å². The number of hydrogen-bond donors (Lipinski definition) is 1. The van der Waals surface area contributed by atoms with Gasteiger partial charge in [0.25, 0.3) is 0 Å². The Morgan fingerprint density at radius 1 is 1.43 bits per heavy atom. The summed E-state index contributed by atoms with van der Waals surface area (Å²) < 4.78 is 0. The van der Waals surface area contributed by atoms with E-state index in [0.717, 1.165) is 19.5 Å². The first kappa shape index (κ1) is 6.92. The molecule has 0 amide bonds. The molecule has 0 aliphatic rings. The first-order valence-electron chi connectivity index (χ1n) is 2.62. The molecule has 0 saturated heterocycles. The summed E-state index contributed by atoms with van der Waals surface area (Å²) in [4.78, 5) is 2.13. The largest absolute Gasteiger partial charge is 0.330 e. The number of hydrogen-bond acceptors (Lipinski definition) is 2. The lowest BCUT2D eigenvalue weighted by Crippen LogP contribution is -2.21. The normalized spacial score (nSPS) is 10.3. The van der Waals surface area contributed by atoms with Gasteiger partial charge in [-0.05, 0) is 6.54 Å². The van der Waals surface area contributed by atoms with Crippen LogP contribution in [0.2, 0.25) is 0 Å². The second-order valence-electron chi connectivity index (χ2n) is 1.95. The molecule has 0 aromatic rings. The van der Waals surface area contributed by atoms with Gasteiger partial charge in [0.1, 0.15) is 20.6 Å². The second kappa shape index (κ2) is 4.09. The number of nitrogens with zero attached hydrogens (tertiary/aromatic N) is 1. The Kier molecular flexibility index (Phi) is 4.04. The predicted octanol–water partition coefficient (Wildman–Crippen LogP) is -0.265. The molecule has 0 rings (SSSR count). The molecular weight excluding hydrogens is 88.1 g/mol. The van der Waals surface area contributed by atoms with E-state index < -0.39 is 0 Å². The van der Waals surface area contributed by atoms with E-state index in [1.165, 1.54) is 0 Å². The average molecular weight is 102 g/mol. The minimum absolute atomic E-state index is 0.804. The Labute approximate surface area is 45.3 Å². The van der Waals surface area contributed by atoms with E-state index in [4.69, 9.17) is 5.73 Å². The molecule has 0 bridgehead atoms. The van der Waals surface area contributed by atoms with Crippen molar-refractivity contribution in [3.63, 3.8) is 0 Å². The lowest BCUT2D eigenvalue weighted by molar-refractivity contribution is 0.546. The predicted molar refractivity (Wildman–Crippen MR) is 32.5 cm³/mol. The van der Waals surface area contributed by atoms with Gasteiger partial charge < -0.3 is 5.73 Å². The van der Waals surface area contributed by atoms with Crippen LogP contribution in [0.5, 0.6) is 0 Å². The van der Waals surface area contributed by atoms with Crippen molar-refractivity contribution in [1.82, 2.24) is 4.90 Å². The van der Waals surface area contributed by atoms with Gasteiger partial charge in [-0.3, -0.25) is 0 Å². The maximum absolute atomic E-state index is 5.25. The summed E-state index contributed by atoms with van der Waals surface area (Å²) in [6.07, 6.45) is 1.10. The summed E-state index contributed by atoms with van der Waals surface area (Å²) in [5.74, 6) is 0. The number of rotatable bonds is 3. The summed E-state index contributed by atoms with van der Waals surface area (Å²) in [7, 11) is 4.10. The molecule has 0 unspecified atom stereocenters. The van der Waals surface area contributed by atoms with E-state index in [1.807, 2.05) is 0 Å². The molecule has 43 valence electrons. The van der Waals surface area contributed by atoms with E-state index in [2.05, 4.69) is 19.0 Å². The van der Waals surface area contributed by atoms with Crippen LogP contribution in [0.3, 0.4) is 0 Å². The third kappa shape index (κ3) is 5.92. The lowest BCUT2D eigenvalue weighted by Gasteiger charge is -1.95. The van der Waals surface area contributed by atoms with Crippen molar-refractivity contribution in [1.29, 1.82) is 0 Å². The first-order chi connectivity index (χ1) is 3.27. The SMILES string of the molecule is C[N+](C)CCCN. The fourth-order valence-corrected chi connectivity index (χ4v) is 0.408. The molecule has 7 heavy (non-hydrogen) atoms. The number of nitrogens with two attached hydrogens (primary N) is 1. The molecule has 2 nitrogen and oxygen atoms in total. The van der Waals surface area contributed by atoms with Crippen LogP contribution in [0.25, 0.3) is 0 Å². The van der Waals surface area contributed by atoms with E-state index in [-0.39, 0.29) is 0 Å². The molecule has 0 aliphatic heterocycles. The summed E-state index contributed by atoms with van der Waals surface area (Å²) in [5, 5.41) is 0. The van der Waals surface area contributed by atoms with Crippen LogP contribution in [-0.2, 0) is 0 Å². The highest BCUT2D eigenvalue weighted by Gasteiger charge is 1.93. The molecule has 0 saturated carbocycles. The van der Waals surface area contributed by atoms with E-state index in [1.54, 1.807) is 0 Å². The van der Waals surface area contributed by atoms with Gasteiger partial charge in [-0.1, -0.05) is 0 Å². The third-order valence-corrected chi connectivity index (χ3v) is 0.809. The van der Waals surface area contributed by atoms with E-state index in [0.29, 0.717) is 0 Å². The molecule has 0 heterocycles. The Balaban J connectivity index is 2.68. The van der Waals surface area contributed by atoms with Crippen molar-refractivity contribution in [3.05, 3.63) is 0 Å². The van der Waals surface area contributed by atoms with Gasteiger partial charge in [-0.2, -0.15) is 4.90 Å². The van der Waals surface area contributed by atoms with Crippen molar-refractivity contribution in [3.8, 4) is 0 Å². The molecular formula is C5H14N2+. The van der Waals surface area contributed by atoms with Gasteiger partial charge in [0.15, 0.2) is 0 Å². The molecule has 0 spiro atoms. The minimum atomic E-state index is 0.804. The fourth-order valence-electron chi connectivity index (χ4n) is 0.408. The summed E-state index contributed by atoms with van der Waals surface area (Å²) in [5.41, 5.74) is 5.25. The molecule has 0 atom stereocenters. The first-order valence-corrected chi connectivity index (χ1v) is 2.62. The van der Waals surface area contributed by atoms with Gasteiger partial charge in [0.2, 0.25) is 0 Å². The molecule has 2 heteroatoms. The Hall–Kier alpha value is -0.0800.